The highest BCUT2D eigenvalue weighted by molar-refractivity contribution is 6.03. The molecule has 7 heteroatoms. The lowest BCUT2D eigenvalue weighted by Crippen LogP contribution is -2.21. The first kappa shape index (κ1) is 22.3. The minimum absolute atomic E-state index is 0.00953. The highest BCUT2D eigenvalue weighted by Gasteiger charge is 2.26. The first-order chi connectivity index (χ1) is 16.0. The summed E-state index contributed by atoms with van der Waals surface area (Å²) < 4.78 is 5.41. The standard InChI is InChI=1S/C26H27N3O4/c1-3-33-26(30)24-18(2)25(27-20-9-5-4-6-10-20)23(28-15-7-8-16-28)17-22(24)19-11-13-21(14-12-19)29(31)32/h4-6,9-14,17,27H,3,7-8,15-16H2,1-2H3. The Kier molecular flexibility index (Phi) is 6.58. The average Bonchev–Trinajstić information content (AvgIpc) is 3.36. The maximum Gasteiger partial charge on any atom is 0.339 e. The first-order valence-corrected chi connectivity index (χ1v) is 11.2. The quantitative estimate of drug-likeness (QED) is 0.269. The van der Waals surface area contributed by atoms with Crippen LogP contribution in [-0.4, -0.2) is 30.6 Å². The monoisotopic (exact) mass is 445 g/mol. The Morgan fingerprint density at radius 1 is 1.09 bits per heavy atom. The average molecular weight is 446 g/mol. The van der Waals surface area contributed by atoms with Crippen molar-refractivity contribution in [1.82, 2.24) is 0 Å². The predicted molar refractivity (Wildman–Crippen MR) is 130 cm³/mol. The van der Waals surface area contributed by atoms with Gasteiger partial charge in [0.1, 0.15) is 0 Å². The number of nitrogens with one attached hydrogen (secondary N) is 1. The molecule has 0 aromatic heterocycles. The van der Waals surface area contributed by atoms with Crippen LogP contribution in [0.4, 0.5) is 22.7 Å². The molecule has 0 atom stereocenters. The molecule has 1 saturated heterocycles. The zero-order valence-electron chi connectivity index (χ0n) is 18.8. The third-order valence-electron chi connectivity index (χ3n) is 5.92. The van der Waals surface area contributed by atoms with Gasteiger partial charge < -0.3 is 15.0 Å². The van der Waals surface area contributed by atoms with E-state index in [1.54, 1.807) is 19.1 Å². The SMILES string of the molecule is CCOC(=O)c1c(-c2ccc([N+](=O)[O-])cc2)cc(N2CCCC2)c(Nc2ccccc2)c1C. The van der Waals surface area contributed by atoms with Crippen LogP contribution < -0.4 is 10.2 Å². The summed E-state index contributed by atoms with van der Waals surface area (Å²) in [6, 6.07) is 18.2. The molecule has 3 aromatic rings. The minimum Gasteiger partial charge on any atom is -0.462 e. The van der Waals surface area contributed by atoms with Gasteiger partial charge in [0.05, 0.1) is 28.5 Å². The lowest BCUT2D eigenvalue weighted by Gasteiger charge is -2.27. The van der Waals surface area contributed by atoms with E-state index in [2.05, 4.69) is 10.2 Å². The molecule has 1 fully saturated rings. The second kappa shape index (κ2) is 9.73. The lowest BCUT2D eigenvalue weighted by atomic mass is 9.92. The number of para-hydroxylation sites is 1. The van der Waals surface area contributed by atoms with Gasteiger partial charge in [0.25, 0.3) is 5.69 Å². The van der Waals surface area contributed by atoms with Crippen LogP contribution in [0, 0.1) is 17.0 Å². The second-order valence-electron chi connectivity index (χ2n) is 8.03. The fourth-order valence-corrected chi connectivity index (χ4v) is 4.29. The van der Waals surface area contributed by atoms with Crippen LogP contribution in [0.25, 0.3) is 11.1 Å². The van der Waals surface area contributed by atoms with Crippen molar-refractivity contribution in [3.63, 3.8) is 0 Å². The number of hydrogen-bond donors (Lipinski definition) is 1. The summed E-state index contributed by atoms with van der Waals surface area (Å²) in [5, 5.41) is 14.6. The van der Waals surface area contributed by atoms with Gasteiger partial charge in [0, 0.05) is 30.9 Å². The largest absolute Gasteiger partial charge is 0.462 e. The number of non-ortho nitro benzene ring substituents is 1. The number of carbonyl (C=O) groups is 1. The molecule has 33 heavy (non-hydrogen) atoms. The molecule has 4 rings (SSSR count). The van der Waals surface area contributed by atoms with Gasteiger partial charge in [-0.1, -0.05) is 18.2 Å². The van der Waals surface area contributed by atoms with Gasteiger partial charge in [0.2, 0.25) is 0 Å². The molecule has 0 amide bonds. The van der Waals surface area contributed by atoms with Gasteiger partial charge in [-0.2, -0.15) is 0 Å². The fraction of sp³-hybridized carbons (Fsp3) is 0.269. The van der Waals surface area contributed by atoms with Crippen molar-refractivity contribution in [3.8, 4) is 11.1 Å². The Hall–Kier alpha value is -3.87. The van der Waals surface area contributed by atoms with Crippen molar-refractivity contribution in [3.05, 3.63) is 81.9 Å². The zero-order chi connectivity index (χ0) is 23.4. The van der Waals surface area contributed by atoms with E-state index in [9.17, 15) is 14.9 Å². The van der Waals surface area contributed by atoms with E-state index in [0.717, 1.165) is 54.1 Å². The number of benzene rings is 3. The topological polar surface area (TPSA) is 84.7 Å². The van der Waals surface area contributed by atoms with Crippen LogP contribution in [0.1, 0.15) is 35.7 Å². The van der Waals surface area contributed by atoms with Crippen LogP contribution >= 0.6 is 0 Å². The van der Waals surface area contributed by atoms with Gasteiger partial charge >= 0.3 is 5.97 Å². The van der Waals surface area contributed by atoms with Crippen LogP contribution in [0.3, 0.4) is 0 Å². The molecule has 0 bridgehead atoms. The zero-order valence-corrected chi connectivity index (χ0v) is 18.8. The van der Waals surface area contributed by atoms with E-state index in [1.807, 2.05) is 43.3 Å². The van der Waals surface area contributed by atoms with Crippen LogP contribution in [0.2, 0.25) is 0 Å². The van der Waals surface area contributed by atoms with E-state index >= 15 is 0 Å². The van der Waals surface area contributed by atoms with Gasteiger partial charge in [-0.25, -0.2) is 4.79 Å². The summed E-state index contributed by atoms with van der Waals surface area (Å²) in [5.41, 5.74) is 5.52. The van der Waals surface area contributed by atoms with Crippen molar-refractivity contribution in [1.29, 1.82) is 0 Å². The van der Waals surface area contributed by atoms with E-state index in [0.29, 0.717) is 11.1 Å². The number of ether oxygens (including phenoxy) is 1. The molecule has 0 aliphatic carbocycles. The Labute approximate surface area is 193 Å². The molecule has 0 radical (unpaired) electrons. The van der Waals surface area contributed by atoms with Crippen LogP contribution in [-0.2, 0) is 4.74 Å². The van der Waals surface area contributed by atoms with Crippen LogP contribution in [0.5, 0.6) is 0 Å². The molecule has 1 N–H and O–H groups in total. The minimum atomic E-state index is -0.427. The Bertz CT molecular complexity index is 1150. The summed E-state index contributed by atoms with van der Waals surface area (Å²) in [5.74, 6) is -0.410. The maximum atomic E-state index is 13.1. The summed E-state index contributed by atoms with van der Waals surface area (Å²) >= 11 is 0. The van der Waals surface area contributed by atoms with Gasteiger partial charge in [-0.3, -0.25) is 10.1 Å². The Morgan fingerprint density at radius 2 is 1.76 bits per heavy atom. The smallest absolute Gasteiger partial charge is 0.339 e. The number of anilines is 3. The third-order valence-corrected chi connectivity index (χ3v) is 5.92. The molecule has 1 heterocycles. The number of nitrogens with zero attached hydrogens (tertiary/aromatic N) is 2. The molecule has 3 aromatic carbocycles. The van der Waals surface area contributed by atoms with Gasteiger partial charge in [0.15, 0.2) is 0 Å². The second-order valence-corrected chi connectivity index (χ2v) is 8.03. The van der Waals surface area contributed by atoms with E-state index in [4.69, 9.17) is 4.74 Å². The summed E-state index contributed by atoms with van der Waals surface area (Å²) in [4.78, 5) is 26.1. The Balaban J connectivity index is 1.92. The van der Waals surface area contributed by atoms with E-state index < -0.39 is 10.9 Å². The third kappa shape index (κ3) is 4.67. The predicted octanol–water partition coefficient (Wildman–Crippen LogP) is 6.09. The molecule has 170 valence electrons. The Morgan fingerprint density at radius 3 is 2.36 bits per heavy atom. The molecule has 0 unspecified atom stereocenters. The van der Waals surface area contributed by atoms with Crippen molar-refractivity contribution in [2.24, 2.45) is 0 Å². The van der Waals surface area contributed by atoms with E-state index in [-0.39, 0.29) is 12.3 Å². The normalized spacial score (nSPS) is 13.1. The summed E-state index contributed by atoms with van der Waals surface area (Å²) in [6.07, 6.45) is 2.21. The van der Waals surface area contributed by atoms with Crippen molar-refractivity contribution >= 4 is 28.7 Å². The highest BCUT2D eigenvalue weighted by Crippen LogP contribution is 2.41. The number of hydrogen-bond acceptors (Lipinski definition) is 6. The lowest BCUT2D eigenvalue weighted by molar-refractivity contribution is -0.384. The fourth-order valence-electron chi connectivity index (χ4n) is 4.29. The molecule has 7 nitrogen and oxygen atoms in total. The van der Waals surface area contributed by atoms with Crippen LogP contribution in [0.15, 0.2) is 60.7 Å². The summed E-state index contributed by atoms with van der Waals surface area (Å²) in [7, 11) is 0. The summed E-state index contributed by atoms with van der Waals surface area (Å²) in [6.45, 7) is 5.82. The number of nitro benzene ring substituents is 1. The number of rotatable bonds is 7. The number of nitro groups is 1. The molecule has 1 aliphatic heterocycles. The maximum absolute atomic E-state index is 13.1. The molecule has 0 spiro atoms. The molecule has 0 saturated carbocycles. The first-order valence-electron chi connectivity index (χ1n) is 11.2. The number of carbonyl (C=O) groups excluding carboxylic acids is 1. The van der Waals surface area contributed by atoms with Crippen molar-refractivity contribution in [2.75, 3.05) is 29.9 Å². The number of esters is 1. The molecular formula is C26H27N3O4. The van der Waals surface area contributed by atoms with Crippen molar-refractivity contribution < 1.29 is 14.5 Å². The molecule has 1 aliphatic rings. The highest BCUT2D eigenvalue weighted by atomic mass is 16.6. The van der Waals surface area contributed by atoms with Crippen molar-refractivity contribution in [2.45, 2.75) is 26.7 Å². The van der Waals surface area contributed by atoms with Gasteiger partial charge in [-0.05, 0) is 73.7 Å². The van der Waals surface area contributed by atoms with Gasteiger partial charge in [-0.15, -0.1) is 0 Å². The van der Waals surface area contributed by atoms with E-state index in [1.165, 1.54) is 12.1 Å². The molecular weight excluding hydrogens is 418 g/mol.